The molecule has 3 rings (SSSR count). The fourth-order valence-corrected chi connectivity index (χ4v) is 4.66. The van der Waals surface area contributed by atoms with Crippen LogP contribution >= 0.6 is 23.1 Å². The van der Waals surface area contributed by atoms with Crippen molar-refractivity contribution in [2.24, 2.45) is 5.92 Å². The van der Waals surface area contributed by atoms with Gasteiger partial charge in [0.1, 0.15) is 4.88 Å². The summed E-state index contributed by atoms with van der Waals surface area (Å²) in [5.74, 6) is 0.356. The molecule has 2 heterocycles. The molecule has 2 aromatic rings. The van der Waals surface area contributed by atoms with Crippen LogP contribution in [0.3, 0.4) is 0 Å². The van der Waals surface area contributed by atoms with E-state index >= 15 is 0 Å². The summed E-state index contributed by atoms with van der Waals surface area (Å²) in [6, 6.07) is 12.3. The molecular formula is C18H21NO2S2. The monoisotopic (exact) mass is 347 g/mol. The highest BCUT2D eigenvalue weighted by Gasteiger charge is 2.28. The normalized spacial score (nSPS) is 21.1. The summed E-state index contributed by atoms with van der Waals surface area (Å²) in [6.45, 7) is 1.45. The number of thiophene rings is 1. The SMILES string of the molecule is CSc1ccsc1C(=O)NC[C@@H]1CCCO[C@@H]1c1ccccc1. The lowest BCUT2D eigenvalue weighted by Crippen LogP contribution is -2.35. The number of carbonyl (C=O) groups is 1. The van der Waals surface area contributed by atoms with Crippen molar-refractivity contribution in [3.63, 3.8) is 0 Å². The fraction of sp³-hybridized carbons (Fsp3) is 0.389. The number of carbonyl (C=O) groups excluding carboxylic acids is 1. The minimum Gasteiger partial charge on any atom is -0.373 e. The van der Waals surface area contributed by atoms with E-state index in [4.69, 9.17) is 4.74 Å². The molecule has 5 heteroatoms. The number of hydrogen-bond acceptors (Lipinski definition) is 4. The lowest BCUT2D eigenvalue weighted by atomic mass is 9.89. The molecule has 0 bridgehead atoms. The van der Waals surface area contributed by atoms with E-state index in [9.17, 15) is 4.79 Å². The summed E-state index contributed by atoms with van der Waals surface area (Å²) in [5.41, 5.74) is 1.20. The van der Waals surface area contributed by atoms with Crippen molar-refractivity contribution in [3.05, 3.63) is 52.2 Å². The van der Waals surface area contributed by atoms with E-state index in [0.29, 0.717) is 12.5 Å². The third kappa shape index (κ3) is 3.97. The van der Waals surface area contributed by atoms with E-state index in [1.165, 1.54) is 16.9 Å². The molecule has 0 aliphatic carbocycles. The van der Waals surface area contributed by atoms with Gasteiger partial charge in [-0.3, -0.25) is 4.79 Å². The molecule has 3 nitrogen and oxygen atoms in total. The van der Waals surface area contributed by atoms with Crippen molar-refractivity contribution >= 4 is 29.0 Å². The number of ether oxygens (including phenoxy) is 1. The smallest absolute Gasteiger partial charge is 0.262 e. The summed E-state index contributed by atoms with van der Waals surface area (Å²) in [7, 11) is 0. The average molecular weight is 348 g/mol. The zero-order valence-electron chi connectivity index (χ0n) is 13.2. The molecular weight excluding hydrogens is 326 g/mol. The van der Waals surface area contributed by atoms with Crippen molar-refractivity contribution in [3.8, 4) is 0 Å². The summed E-state index contributed by atoms with van der Waals surface area (Å²) in [4.78, 5) is 14.3. The van der Waals surface area contributed by atoms with Gasteiger partial charge in [0.2, 0.25) is 0 Å². The highest BCUT2D eigenvalue weighted by molar-refractivity contribution is 7.98. The first-order valence-corrected chi connectivity index (χ1v) is 9.96. The molecule has 122 valence electrons. The Morgan fingerprint density at radius 1 is 1.35 bits per heavy atom. The molecule has 1 aliphatic rings. The first kappa shape index (κ1) is 16.6. The van der Waals surface area contributed by atoms with E-state index in [1.54, 1.807) is 11.8 Å². The van der Waals surface area contributed by atoms with Crippen LogP contribution in [0.4, 0.5) is 0 Å². The number of rotatable bonds is 5. The van der Waals surface area contributed by atoms with Gasteiger partial charge in [-0.05, 0) is 36.1 Å². The van der Waals surface area contributed by atoms with Gasteiger partial charge in [0.15, 0.2) is 0 Å². The van der Waals surface area contributed by atoms with Crippen LogP contribution in [-0.2, 0) is 4.74 Å². The van der Waals surface area contributed by atoms with Gasteiger partial charge in [0.05, 0.1) is 6.10 Å². The van der Waals surface area contributed by atoms with Gasteiger partial charge < -0.3 is 10.1 Å². The van der Waals surface area contributed by atoms with Crippen LogP contribution in [-0.4, -0.2) is 25.3 Å². The maximum atomic E-state index is 12.4. The van der Waals surface area contributed by atoms with Gasteiger partial charge in [-0.15, -0.1) is 23.1 Å². The van der Waals surface area contributed by atoms with E-state index in [0.717, 1.165) is 29.2 Å². The predicted molar refractivity (Wildman–Crippen MR) is 96.3 cm³/mol. The quantitative estimate of drug-likeness (QED) is 0.816. The summed E-state index contributed by atoms with van der Waals surface area (Å²) in [5, 5.41) is 5.08. The lowest BCUT2D eigenvalue weighted by molar-refractivity contribution is -0.0272. The van der Waals surface area contributed by atoms with Crippen LogP contribution in [0.2, 0.25) is 0 Å². The lowest BCUT2D eigenvalue weighted by Gasteiger charge is -2.32. The van der Waals surface area contributed by atoms with E-state index in [2.05, 4.69) is 17.4 Å². The summed E-state index contributed by atoms with van der Waals surface area (Å²) in [6.07, 6.45) is 4.21. The van der Waals surface area contributed by atoms with Gasteiger partial charge >= 0.3 is 0 Å². The molecule has 1 fully saturated rings. The van der Waals surface area contributed by atoms with Gasteiger partial charge in [0, 0.05) is 24.0 Å². The maximum absolute atomic E-state index is 12.4. The Morgan fingerprint density at radius 3 is 2.96 bits per heavy atom. The zero-order chi connectivity index (χ0) is 16.1. The molecule has 0 unspecified atom stereocenters. The van der Waals surface area contributed by atoms with Crippen molar-refractivity contribution in [2.75, 3.05) is 19.4 Å². The third-order valence-electron chi connectivity index (χ3n) is 4.15. The van der Waals surface area contributed by atoms with Crippen LogP contribution in [0.1, 0.15) is 34.2 Å². The standard InChI is InChI=1S/C18H21NO2S2/c1-22-15-9-11-23-17(15)18(20)19-12-14-8-5-10-21-16(14)13-6-3-2-4-7-13/h2-4,6-7,9,11,14,16H,5,8,10,12H2,1H3,(H,19,20)/t14-,16+/m0/s1. The molecule has 1 N–H and O–H groups in total. The van der Waals surface area contributed by atoms with Crippen LogP contribution in [0.5, 0.6) is 0 Å². The second kappa shape index (κ2) is 7.99. The molecule has 1 aromatic heterocycles. The molecule has 0 radical (unpaired) electrons. The Bertz CT molecular complexity index is 641. The molecule has 0 spiro atoms. The average Bonchev–Trinajstić information content (AvgIpc) is 3.09. The minimum atomic E-state index is 0.0294. The molecule has 1 amide bonds. The second-order valence-electron chi connectivity index (χ2n) is 5.63. The zero-order valence-corrected chi connectivity index (χ0v) is 14.8. The third-order valence-corrected chi connectivity index (χ3v) is 5.98. The summed E-state index contributed by atoms with van der Waals surface area (Å²) >= 11 is 3.12. The van der Waals surface area contributed by atoms with Crippen molar-refractivity contribution in [2.45, 2.75) is 23.8 Å². The number of nitrogens with one attached hydrogen (secondary N) is 1. The molecule has 23 heavy (non-hydrogen) atoms. The van der Waals surface area contributed by atoms with Gasteiger partial charge in [-0.1, -0.05) is 30.3 Å². The van der Waals surface area contributed by atoms with Gasteiger partial charge in [-0.2, -0.15) is 0 Å². The minimum absolute atomic E-state index is 0.0294. The Balaban J connectivity index is 1.65. The molecule has 2 atom stereocenters. The topological polar surface area (TPSA) is 38.3 Å². The highest BCUT2D eigenvalue weighted by atomic mass is 32.2. The first-order valence-electron chi connectivity index (χ1n) is 7.86. The van der Waals surface area contributed by atoms with Gasteiger partial charge in [0.25, 0.3) is 5.91 Å². The first-order chi connectivity index (χ1) is 11.3. The molecule has 1 aliphatic heterocycles. The Morgan fingerprint density at radius 2 is 2.17 bits per heavy atom. The number of benzene rings is 1. The van der Waals surface area contributed by atoms with Crippen LogP contribution < -0.4 is 5.32 Å². The van der Waals surface area contributed by atoms with Gasteiger partial charge in [-0.25, -0.2) is 0 Å². The van der Waals surface area contributed by atoms with Crippen molar-refractivity contribution < 1.29 is 9.53 Å². The fourth-order valence-electron chi connectivity index (χ4n) is 2.99. The Kier molecular flexibility index (Phi) is 5.75. The van der Waals surface area contributed by atoms with E-state index in [1.807, 2.05) is 35.9 Å². The number of amides is 1. The van der Waals surface area contributed by atoms with Crippen molar-refractivity contribution in [1.29, 1.82) is 0 Å². The number of hydrogen-bond donors (Lipinski definition) is 1. The van der Waals surface area contributed by atoms with Crippen LogP contribution in [0.15, 0.2) is 46.7 Å². The largest absolute Gasteiger partial charge is 0.373 e. The summed E-state index contributed by atoms with van der Waals surface area (Å²) < 4.78 is 5.99. The predicted octanol–water partition coefficient (Wildman–Crippen LogP) is 4.37. The number of thioether (sulfide) groups is 1. The Hall–Kier alpha value is -1.30. The van der Waals surface area contributed by atoms with Crippen molar-refractivity contribution in [1.82, 2.24) is 5.32 Å². The van der Waals surface area contributed by atoms with E-state index < -0.39 is 0 Å². The second-order valence-corrected chi connectivity index (χ2v) is 7.40. The maximum Gasteiger partial charge on any atom is 0.262 e. The molecule has 1 aromatic carbocycles. The van der Waals surface area contributed by atoms with Crippen LogP contribution in [0, 0.1) is 5.92 Å². The highest BCUT2D eigenvalue weighted by Crippen LogP contribution is 2.33. The van der Waals surface area contributed by atoms with E-state index in [-0.39, 0.29) is 12.0 Å². The van der Waals surface area contributed by atoms with Crippen LogP contribution in [0.25, 0.3) is 0 Å². The Labute approximate surface area is 145 Å². The molecule has 0 saturated carbocycles. The molecule has 1 saturated heterocycles.